The molecule has 0 saturated carbocycles. The smallest absolute Gasteiger partial charge is 0.158 e. The van der Waals surface area contributed by atoms with E-state index in [1.165, 1.54) is 6.07 Å². The van der Waals surface area contributed by atoms with Crippen molar-refractivity contribution in [3.63, 3.8) is 0 Å². The van der Waals surface area contributed by atoms with E-state index >= 15 is 0 Å². The zero-order chi connectivity index (χ0) is 8.85. The number of aliphatic hydroxyl groups is 1. The van der Waals surface area contributed by atoms with Crippen molar-refractivity contribution in [1.29, 1.82) is 15.8 Å². The van der Waals surface area contributed by atoms with Gasteiger partial charge in [-0.1, -0.05) is 0 Å². The molecule has 0 bridgehead atoms. The van der Waals surface area contributed by atoms with Crippen LogP contribution in [-0.4, -0.2) is 16.6 Å². The van der Waals surface area contributed by atoms with Crippen molar-refractivity contribution in [2.45, 2.75) is 11.5 Å². The standard InChI is InChI=1S/C6H4ClN3O/c7-5(2-9)4(1-8)6(11)3-10/h4-6,11H. The van der Waals surface area contributed by atoms with Crippen molar-refractivity contribution in [3.05, 3.63) is 0 Å². The van der Waals surface area contributed by atoms with Crippen LogP contribution in [0.5, 0.6) is 0 Å². The van der Waals surface area contributed by atoms with Gasteiger partial charge in [0.05, 0.1) is 18.2 Å². The van der Waals surface area contributed by atoms with Gasteiger partial charge in [-0.25, -0.2) is 0 Å². The van der Waals surface area contributed by atoms with Crippen LogP contribution >= 0.6 is 11.6 Å². The Bertz CT molecular complexity index is 226. The zero-order valence-electron chi connectivity index (χ0n) is 5.40. The minimum absolute atomic E-state index is 1.14. The van der Waals surface area contributed by atoms with E-state index in [1.54, 1.807) is 12.1 Å². The van der Waals surface area contributed by atoms with Crippen LogP contribution in [0.15, 0.2) is 0 Å². The van der Waals surface area contributed by atoms with Crippen molar-refractivity contribution in [2.75, 3.05) is 0 Å². The van der Waals surface area contributed by atoms with Gasteiger partial charge in [-0.2, -0.15) is 15.8 Å². The van der Waals surface area contributed by atoms with E-state index in [-0.39, 0.29) is 0 Å². The lowest BCUT2D eigenvalue weighted by Gasteiger charge is -2.08. The molecule has 0 aromatic carbocycles. The maximum Gasteiger partial charge on any atom is 0.158 e. The number of halogens is 1. The SMILES string of the molecule is N#CC(O)C(C#N)C(Cl)C#N. The number of nitrogens with zero attached hydrogens (tertiary/aromatic N) is 3. The molecule has 0 heterocycles. The third kappa shape index (κ3) is 2.43. The molecule has 0 aliphatic rings. The first kappa shape index (κ1) is 9.72. The number of hydrogen-bond acceptors (Lipinski definition) is 4. The second kappa shape index (κ2) is 4.52. The predicted octanol–water partition coefficient (Wildman–Crippen LogP) is 0.142. The van der Waals surface area contributed by atoms with Crippen molar-refractivity contribution in [2.24, 2.45) is 5.92 Å². The Balaban J connectivity index is 4.37. The topological polar surface area (TPSA) is 91.6 Å². The van der Waals surface area contributed by atoms with Gasteiger partial charge in [-0.05, 0) is 0 Å². The minimum atomic E-state index is -1.50. The third-order valence-electron chi connectivity index (χ3n) is 1.06. The molecular weight excluding hydrogens is 166 g/mol. The summed E-state index contributed by atoms with van der Waals surface area (Å²) in [5.74, 6) is -1.15. The van der Waals surface area contributed by atoms with Gasteiger partial charge >= 0.3 is 0 Å². The van der Waals surface area contributed by atoms with E-state index in [0.29, 0.717) is 0 Å². The summed E-state index contributed by atoms with van der Waals surface area (Å²) in [5, 5.41) is 32.4. The minimum Gasteiger partial charge on any atom is -0.377 e. The fraction of sp³-hybridized carbons (Fsp3) is 0.500. The van der Waals surface area contributed by atoms with Crippen LogP contribution in [-0.2, 0) is 0 Å². The Morgan fingerprint density at radius 2 is 1.64 bits per heavy atom. The molecule has 0 radical (unpaired) electrons. The summed E-state index contributed by atoms with van der Waals surface area (Å²) in [5.41, 5.74) is 0. The van der Waals surface area contributed by atoms with Gasteiger partial charge in [0.2, 0.25) is 0 Å². The van der Waals surface area contributed by atoms with Crippen LogP contribution in [0.2, 0.25) is 0 Å². The molecule has 1 N–H and O–H groups in total. The number of aliphatic hydroxyl groups excluding tert-OH is 1. The number of nitriles is 3. The lowest BCUT2D eigenvalue weighted by Crippen LogP contribution is -2.24. The van der Waals surface area contributed by atoms with Crippen LogP contribution in [0.4, 0.5) is 0 Å². The van der Waals surface area contributed by atoms with E-state index in [0.717, 1.165) is 0 Å². The van der Waals surface area contributed by atoms with Gasteiger partial charge in [-0.15, -0.1) is 11.6 Å². The summed E-state index contributed by atoms with van der Waals surface area (Å²) >= 11 is 5.31. The molecule has 0 aliphatic carbocycles. The van der Waals surface area contributed by atoms with Gasteiger partial charge in [0.15, 0.2) is 6.10 Å². The summed E-state index contributed by atoms with van der Waals surface area (Å²) in [6.07, 6.45) is -1.50. The van der Waals surface area contributed by atoms with Gasteiger partial charge in [-0.3, -0.25) is 0 Å². The number of alkyl halides is 1. The second-order valence-electron chi connectivity index (χ2n) is 1.76. The average molecular weight is 170 g/mol. The molecule has 0 spiro atoms. The molecule has 0 saturated heterocycles. The predicted molar refractivity (Wildman–Crippen MR) is 36.0 cm³/mol. The van der Waals surface area contributed by atoms with Gasteiger partial charge in [0.1, 0.15) is 11.3 Å². The maximum atomic E-state index is 8.80. The highest BCUT2D eigenvalue weighted by molar-refractivity contribution is 6.22. The summed E-state index contributed by atoms with van der Waals surface area (Å²) in [6, 6.07) is 4.57. The molecule has 0 aromatic rings. The number of hydrogen-bond donors (Lipinski definition) is 1. The Morgan fingerprint density at radius 3 is 1.91 bits per heavy atom. The summed E-state index contributed by atoms with van der Waals surface area (Å²) < 4.78 is 0. The monoisotopic (exact) mass is 169 g/mol. The lowest BCUT2D eigenvalue weighted by atomic mass is 10.0. The normalized spacial score (nSPS) is 16.6. The van der Waals surface area contributed by atoms with Gasteiger partial charge < -0.3 is 5.11 Å². The first-order chi connectivity index (χ1) is 5.17. The van der Waals surface area contributed by atoms with Crippen molar-refractivity contribution < 1.29 is 5.11 Å². The molecule has 56 valence electrons. The fourth-order valence-corrected chi connectivity index (χ4v) is 0.651. The highest BCUT2D eigenvalue weighted by Gasteiger charge is 2.26. The van der Waals surface area contributed by atoms with Crippen LogP contribution in [0, 0.1) is 39.9 Å². The van der Waals surface area contributed by atoms with Crippen LogP contribution in [0.25, 0.3) is 0 Å². The molecule has 0 aromatic heterocycles. The third-order valence-corrected chi connectivity index (χ3v) is 1.43. The van der Waals surface area contributed by atoms with E-state index in [9.17, 15) is 0 Å². The van der Waals surface area contributed by atoms with Gasteiger partial charge in [0.25, 0.3) is 0 Å². The van der Waals surface area contributed by atoms with E-state index < -0.39 is 17.4 Å². The highest BCUT2D eigenvalue weighted by atomic mass is 35.5. The average Bonchev–Trinajstić information content (AvgIpc) is 2.05. The number of rotatable bonds is 2. The molecular formula is C6H4ClN3O. The first-order valence-corrected chi connectivity index (χ1v) is 3.12. The Labute approximate surface area is 68.8 Å². The van der Waals surface area contributed by atoms with Crippen molar-refractivity contribution >= 4 is 11.6 Å². The quantitative estimate of drug-likeness (QED) is 0.470. The molecule has 11 heavy (non-hydrogen) atoms. The molecule has 0 aliphatic heterocycles. The Morgan fingerprint density at radius 1 is 1.09 bits per heavy atom. The van der Waals surface area contributed by atoms with Crippen molar-refractivity contribution in [3.8, 4) is 18.2 Å². The Kier molecular flexibility index (Phi) is 4.00. The van der Waals surface area contributed by atoms with Gasteiger partial charge in [0, 0.05) is 0 Å². The zero-order valence-corrected chi connectivity index (χ0v) is 6.15. The fourth-order valence-electron chi connectivity index (χ4n) is 0.457. The second-order valence-corrected chi connectivity index (χ2v) is 2.23. The molecule has 0 rings (SSSR count). The summed E-state index contributed by atoms with van der Waals surface area (Å²) in [4.78, 5) is 0. The summed E-state index contributed by atoms with van der Waals surface area (Å²) in [7, 11) is 0. The van der Waals surface area contributed by atoms with Crippen LogP contribution in [0.3, 0.4) is 0 Å². The first-order valence-electron chi connectivity index (χ1n) is 2.68. The Hall–Kier alpha value is -1.28. The van der Waals surface area contributed by atoms with E-state index in [2.05, 4.69) is 0 Å². The van der Waals surface area contributed by atoms with Crippen LogP contribution in [0.1, 0.15) is 0 Å². The highest BCUT2D eigenvalue weighted by Crippen LogP contribution is 2.13. The van der Waals surface area contributed by atoms with Crippen molar-refractivity contribution in [1.82, 2.24) is 0 Å². The molecule has 3 atom stereocenters. The maximum absolute atomic E-state index is 8.80. The molecule has 4 nitrogen and oxygen atoms in total. The largest absolute Gasteiger partial charge is 0.377 e. The van der Waals surface area contributed by atoms with E-state index in [1.807, 2.05) is 0 Å². The molecule has 0 amide bonds. The molecule has 3 unspecified atom stereocenters. The summed E-state index contributed by atoms with van der Waals surface area (Å²) in [6.45, 7) is 0. The lowest BCUT2D eigenvalue weighted by molar-refractivity contribution is 0.190. The van der Waals surface area contributed by atoms with Crippen LogP contribution < -0.4 is 0 Å². The van der Waals surface area contributed by atoms with E-state index in [4.69, 9.17) is 32.5 Å². The molecule has 5 heteroatoms. The molecule has 0 fully saturated rings.